The molecular weight excluding hydrogens is 247 g/mol. The van der Waals surface area contributed by atoms with E-state index in [0.29, 0.717) is 22.6 Å². The van der Waals surface area contributed by atoms with E-state index in [1.165, 1.54) is 18.2 Å². The maximum atomic E-state index is 13.5. The molecule has 0 bridgehead atoms. The molecule has 0 saturated heterocycles. The van der Waals surface area contributed by atoms with E-state index < -0.39 is 11.7 Å². The first-order chi connectivity index (χ1) is 8.97. The minimum Gasteiger partial charge on any atom is -0.399 e. The van der Waals surface area contributed by atoms with Gasteiger partial charge >= 0.3 is 0 Å². The molecule has 2 rings (SSSR count). The van der Waals surface area contributed by atoms with Gasteiger partial charge in [-0.3, -0.25) is 4.79 Å². The molecule has 6 heteroatoms. The molecular formula is C13H13FN4O. The van der Waals surface area contributed by atoms with Crippen molar-refractivity contribution < 1.29 is 9.18 Å². The van der Waals surface area contributed by atoms with Gasteiger partial charge in [0.2, 0.25) is 0 Å². The topological polar surface area (TPSA) is 80.9 Å². The Kier molecular flexibility index (Phi) is 3.41. The molecule has 0 saturated carbocycles. The van der Waals surface area contributed by atoms with Crippen LogP contribution in [0.15, 0.2) is 24.3 Å². The summed E-state index contributed by atoms with van der Waals surface area (Å²) < 4.78 is 13.5. The van der Waals surface area contributed by atoms with Crippen molar-refractivity contribution in [1.29, 1.82) is 0 Å². The van der Waals surface area contributed by atoms with Gasteiger partial charge in [-0.25, -0.2) is 4.39 Å². The molecule has 0 radical (unpaired) electrons. The fourth-order valence-corrected chi connectivity index (χ4v) is 1.61. The molecule has 1 aromatic heterocycles. The molecule has 0 unspecified atom stereocenters. The number of hydrogen-bond donors (Lipinski definition) is 2. The zero-order chi connectivity index (χ0) is 14.0. The second kappa shape index (κ2) is 5.01. The van der Waals surface area contributed by atoms with E-state index in [4.69, 9.17) is 5.73 Å². The van der Waals surface area contributed by atoms with Gasteiger partial charge in [0, 0.05) is 5.69 Å². The first-order valence-electron chi connectivity index (χ1n) is 5.64. The van der Waals surface area contributed by atoms with Gasteiger partial charge < -0.3 is 11.1 Å². The van der Waals surface area contributed by atoms with Gasteiger partial charge in [0.05, 0.1) is 22.6 Å². The van der Waals surface area contributed by atoms with Crippen LogP contribution in [-0.4, -0.2) is 16.1 Å². The van der Waals surface area contributed by atoms with Crippen LogP contribution in [0.1, 0.15) is 21.7 Å². The van der Waals surface area contributed by atoms with Gasteiger partial charge in [-0.2, -0.15) is 10.2 Å². The van der Waals surface area contributed by atoms with Gasteiger partial charge in [-0.1, -0.05) is 0 Å². The highest BCUT2D eigenvalue weighted by atomic mass is 19.1. The van der Waals surface area contributed by atoms with E-state index in [0.717, 1.165) is 0 Å². The largest absolute Gasteiger partial charge is 0.399 e. The maximum absolute atomic E-state index is 13.5. The van der Waals surface area contributed by atoms with E-state index in [1.54, 1.807) is 19.9 Å². The zero-order valence-electron chi connectivity index (χ0n) is 10.6. The van der Waals surface area contributed by atoms with Crippen molar-refractivity contribution in [3.05, 3.63) is 47.0 Å². The van der Waals surface area contributed by atoms with Crippen LogP contribution in [0.4, 0.5) is 15.8 Å². The molecule has 0 aliphatic rings. The summed E-state index contributed by atoms with van der Waals surface area (Å²) in [6.07, 6.45) is 0. The number of hydrogen-bond acceptors (Lipinski definition) is 4. The fourth-order valence-electron chi connectivity index (χ4n) is 1.61. The standard InChI is InChI=1S/C13H13FN4O/c1-7-5-10(8(2)18-17-7)13(19)16-12-6-9(15)3-4-11(12)14/h3-6H,15H2,1-2H3,(H,16,19). The number of amides is 1. The third kappa shape index (κ3) is 2.85. The van der Waals surface area contributed by atoms with Crippen LogP contribution < -0.4 is 11.1 Å². The molecule has 0 aliphatic carbocycles. The molecule has 1 aromatic carbocycles. The SMILES string of the molecule is Cc1cc(C(=O)Nc2cc(N)ccc2F)c(C)nn1. The molecule has 3 N–H and O–H groups in total. The molecule has 5 nitrogen and oxygen atoms in total. The Hall–Kier alpha value is -2.50. The maximum Gasteiger partial charge on any atom is 0.257 e. The number of nitrogens with zero attached hydrogens (tertiary/aromatic N) is 2. The molecule has 0 spiro atoms. The Balaban J connectivity index is 2.30. The Morgan fingerprint density at radius 3 is 2.74 bits per heavy atom. The van der Waals surface area contributed by atoms with Gasteiger partial charge in [0.1, 0.15) is 5.82 Å². The van der Waals surface area contributed by atoms with Gasteiger partial charge in [0.25, 0.3) is 5.91 Å². The third-order valence-electron chi connectivity index (χ3n) is 2.58. The van der Waals surface area contributed by atoms with Crippen LogP contribution in [0, 0.1) is 19.7 Å². The van der Waals surface area contributed by atoms with Gasteiger partial charge in [0.15, 0.2) is 0 Å². The van der Waals surface area contributed by atoms with Crippen LogP contribution in [0.3, 0.4) is 0 Å². The van der Waals surface area contributed by atoms with Crippen molar-refractivity contribution in [2.75, 3.05) is 11.1 Å². The number of nitrogen functional groups attached to an aromatic ring is 1. The van der Waals surface area contributed by atoms with Crippen molar-refractivity contribution in [2.24, 2.45) is 0 Å². The predicted molar refractivity (Wildman–Crippen MR) is 70.3 cm³/mol. The number of nitrogens with one attached hydrogen (secondary N) is 1. The summed E-state index contributed by atoms with van der Waals surface area (Å²) in [5.41, 5.74) is 7.42. The van der Waals surface area contributed by atoms with Crippen LogP contribution >= 0.6 is 0 Å². The minimum absolute atomic E-state index is 0.0406. The van der Waals surface area contributed by atoms with Crippen molar-refractivity contribution in [2.45, 2.75) is 13.8 Å². The number of aromatic nitrogens is 2. The summed E-state index contributed by atoms with van der Waals surface area (Å²) in [5.74, 6) is -0.987. The Labute approximate surface area is 109 Å². The monoisotopic (exact) mass is 260 g/mol. The van der Waals surface area contributed by atoms with Crippen LogP contribution in [0.25, 0.3) is 0 Å². The summed E-state index contributed by atoms with van der Waals surface area (Å²) >= 11 is 0. The van der Waals surface area contributed by atoms with Gasteiger partial charge in [-0.05, 0) is 38.1 Å². The molecule has 0 aliphatic heterocycles. The second-order valence-electron chi connectivity index (χ2n) is 4.18. The number of nitrogens with two attached hydrogens (primary N) is 1. The molecule has 1 heterocycles. The van der Waals surface area contributed by atoms with Gasteiger partial charge in [-0.15, -0.1) is 0 Å². The number of carbonyl (C=O) groups is 1. The third-order valence-corrected chi connectivity index (χ3v) is 2.58. The number of carbonyl (C=O) groups excluding carboxylic acids is 1. The summed E-state index contributed by atoms with van der Waals surface area (Å²) in [6, 6.07) is 5.59. The molecule has 98 valence electrons. The number of halogens is 1. The lowest BCUT2D eigenvalue weighted by Crippen LogP contribution is -2.16. The highest BCUT2D eigenvalue weighted by Gasteiger charge is 2.13. The highest BCUT2D eigenvalue weighted by Crippen LogP contribution is 2.18. The smallest absolute Gasteiger partial charge is 0.257 e. The first kappa shape index (κ1) is 12.9. The Bertz CT molecular complexity index is 643. The van der Waals surface area contributed by atoms with E-state index in [2.05, 4.69) is 15.5 Å². The molecule has 19 heavy (non-hydrogen) atoms. The van der Waals surface area contributed by atoms with Crippen LogP contribution in [0.5, 0.6) is 0 Å². The van der Waals surface area contributed by atoms with Crippen molar-refractivity contribution in [3.63, 3.8) is 0 Å². The van der Waals surface area contributed by atoms with E-state index in [1.807, 2.05) is 0 Å². The Morgan fingerprint density at radius 2 is 2.00 bits per heavy atom. The number of anilines is 2. The normalized spacial score (nSPS) is 10.3. The quantitative estimate of drug-likeness (QED) is 0.810. The molecule has 1 amide bonds. The summed E-state index contributed by atoms with van der Waals surface area (Å²) in [5, 5.41) is 10.2. The number of aryl methyl sites for hydroxylation is 2. The van der Waals surface area contributed by atoms with E-state index in [-0.39, 0.29) is 5.69 Å². The molecule has 2 aromatic rings. The fraction of sp³-hybridized carbons (Fsp3) is 0.154. The average molecular weight is 260 g/mol. The summed E-state index contributed by atoms with van der Waals surface area (Å²) in [7, 11) is 0. The number of rotatable bonds is 2. The van der Waals surface area contributed by atoms with Crippen LogP contribution in [-0.2, 0) is 0 Å². The Morgan fingerprint density at radius 1 is 1.26 bits per heavy atom. The summed E-state index contributed by atoms with van der Waals surface area (Å²) in [4.78, 5) is 12.1. The average Bonchev–Trinajstić information content (AvgIpc) is 2.36. The first-order valence-corrected chi connectivity index (χ1v) is 5.64. The lowest BCUT2D eigenvalue weighted by Gasteiger charge is -2.08. The molecule has 0 atom stereocenters. The van der Waals surface area contributed by atoms with E-state index in [9.17, 15) is 9.18 Å². The van der Waals surface area contributed by atoms with Crippen LogP contribution in [0.2, 0.25) is 0 Å². The lowest BCUT2D eigenvalue weighted by atomic mass is 10.1. The van der Waals surface area contributed by atoms with Crippen molar-refractivity contribution >= 4 is 17.3 Å². The minimum atomic E-state index is -0.543. The number of benzene rings is 1. The van der Waals surface area contributed by atoms with Crippen molar-refractivity contribution in [3.8, 4) is 0 Å². The summed E-state index contributed by atoms with van der Waals surface area (Å²) in [6.45, 7) is 3.39. The second-order valence-corrected chi connectivity index (χ2v) is 4.18. The lowest BCUT2D eigenvalue weighted by molar-refractivity contribution is 0.102. The zero-order valence-corrected chi connectivity index (χ0v) is 10.6. The molecule has 0 fully saturated rings. The van der Waals surface area contributed by atoms with E-state index >= 15 is 0 Å². The predicted octanol–water partition coefficient (Wildman–Crippen LogP) is 2.07. The highest BCUT2D eigenvalue weighted by molar-refractivity contribution is 6.05. The van der Waals surface area contributed by atoms with Crippen molar-refractivity contribution in [1.82, 2.24) is 10.2 Å².